The van der Waals surface area contributed by atoms with Crippen molar-refractivity contribution in [3.05, 3.63) is 28.2 Å². The van der Waals surface area contributed by atoms with E-state index in [0.717, 1.165) is 29.6 Å². The molecular formula is C14H20BrNO2S. The number of hydrogen-bond acceptors (Lipinski definition) is 3. The first-order valence-corrected chi connectivity index (χ1v) is 8.48. The van der Waals surface area contributed by atoms with E-state index in [1.54, 1.807) is 25.3 Å². The summed E-state index contributed by atoms with van der Waals surface area (Å²) in [7, 11) is 1.61. The molecular weight excluding hydrogens is 326 g/mol. The van der Waals surface area contributed by atoms with E-state index in [1.807, 2.05) is 11.8 Å². The molecule has 0 saturated carbocycles. The molecule has 0 aliphatic rings. The molecule has 0 aromatic heterocycles. The predicted octanol–water partition coefficient (Wildman–Crippen LogP) is 3.72. The van der Waals surface area contributed by atoms with Crippen LogP contribution < -0.4 is 10.1 Å². The van der Waals surface area contributed by atoms with Gasteiger partial charge in [-0.25, -0.2) is 0 Å². The van der Waals surface area contributed by atoms with Gasteiger partial charge in [-0.05, 0) is 59.0 Å². The minimum Gasteiger partial charge on any atom is -0.496 e. The zero-order valence-electron chi connectivity index (χ0n) is 11.4. The Bertz CT molecular complexity index is 412. The Morgan fingerprint density at radius 2 is 2.16 bits per heavy atom. The van der Waals surface area contributed by atoms with E-state index < -0.39 is 0 Å². The van der Waals surface area contributed by atoms with Crippen molar-refractivity contribution in [1.29, 1.82) is 0 Å². The molecule has 0 radical (unpaired) electrons. The highest BCUT2D eigenvalue weighted by molar-refractivity contribution is 9.10. The molecule has 1 aromatic carbocycles. The van der Waals surface area contributed by atoms with Gasteiger partial charge in [0, 0.05) is 12.1 Å². The molecule has 106 valence electrons. The van der Waals surface area contributed by atoms with Crippen molar-refractivity contribution < 1.29 is 9.53 Å². The molecule has 3 nitrogen and oxygen atoms in total. The number of benzene rings is 1. The van der Waals surface area contributed by atoms with Gasteiger partial charge >= 0.3 is 0 Å². The summed E-state index contributed by atoms with van der Waals surface area (Å²) in [6.07, 6.45) is 5.52. The van der Waals surface area contributed by atoms with Crippen LogP contribution in [0.1, 0.15) is 29.6 Å². The lowest BCUT2D eigenvalue weighted by Gasteiger charge is -2.07. The number of hydrogen-bond donors (Lipinski definition) is 1. The SMILES string of the molecule is COc1ccc(C(=O)NCCCCCSC)cc1Br. The summed E-state index contributed by atoms with van der Waals surface area (Å²) >= 11 is 5.24. The average Bonchev–Trinajstić information content (AvgIpc) is 2.42. The van der Waals surface area contributed by atoms with Crippen LogP contribution >= 0.6 is 27.7 Å². The van der Waals surface area contributed by atoms with E-state index in [0.29, 0.717) is 5.56 Å². The van der Waals surface area contributed by atoms with Crippen molar-refractivity contribution >= 4 is 33.6 Å². The summed E-state index contributed by atoms with van der Waals surface area (Å²) in [5, 5.41) is 2.93. The Labute approximate surface area is 127 Å². The number of halogens is 1. The Balaban J connectivity index is 2.35. The second kappa shape index (κ2) is 9.26. The molecule has 19 heavy (non-hydrogen) atoms. The monoisotopic (exact) mass is 345 g/mol. The maximum Gasteiger partial charge on any atom is 0.251 e. The van der Waals surface area contributed by atoms with Crippen LogP contribution in [-0.2, 0) is 0 Å². The van der Waals surface area contributed by atoms with Crippen LogP contribution in [0, 0.1) is 0 Å². The summed E-state index contributed by atoms with van der Waals surface area (Å²) in [4.78, 5) is 11.9. The number of thioether (sulfide) groups is 1. The van der Waals surface area contributed by atoms with Gasteiger partial charge in [0.05, 0.1) is 11.6 Å². The summed E-state index contributed by atoms with van der Waals surface area (Å²) in [6.45, 7) is 0.733. The number of carbonyl (C=O) groups is 1. The first kappa shape index (κ1) is 16.4. The molecule has 0 saturated heterocycles. The molecule has 0 aliphatic heterocycles. The zero-order valence-corrected chi connectivity index (χ0v) is 13.8. The van der Waals surface area contributed by atoms with Crippen molar-refractivity contribution in [2.24, 2.45) is 0 Å². The topological polar surface area (TPSA) is 38.3 Å². The molecule has 0 aliphatic carbocycles. The van der Waals surface area contributed by atoms with Crippen LogP contribution in [-0.4, -0.2) is 31.6 Å². The Morgan fingerprint density at radius 1 is 1.37 bits per heavy atom. The Hall–Kier alpha value is -0.680. The highest BCUT2D eigenvalue weighted by atomic mass is 79.9. The summed E-state index contributed by atoms with van der Waals surface area (Å²) < 4.78 is 5.93. The largest absolute Gasteiger partial charge is 0.496 e. The van der Waals surface area contributed by atoms with Gasteiger partial charge in [0.15, 0.2) is 0 Å². The smallest absolute Gasteiger partial charge is 0.251 e. The number of unbranched alkanes of at least 4 members (excludes halogenated alkanes) is 2. The lowest BCUT2D eigenvalue weighted by Crippen LogP contribution is -2.24. The van der Waals surface area contributed by atoms with Crippen LogP contribution in [0.5, 0.6) is 5.75 Å². The van der Waals surface area contributed by atoms with Crippen LogP contribution in [0.4, 0.5) is 0 Å². The maximum absolute atomic E-state index is 11.9. The number of carbonyl (C=O) groups excluding carboxylic acids is 1. The van der Waals surface area contributed by atoms with E-state index in [1.165, 1.54) is 12.2 Å². The van der Waals surface area contributed by atoms with E-state index in [-0.39, 0.29) is 5.91 Å². The van der Waals surface area contributed by atoms with E-state index in [2.05, 4.69) is 27.5 Å². The molecule has 1 N–H and O–H groups in total. The zero-order chi connectivity index (χ0) is 14.1. The summed E-state index contributed by atoms with van der Waals surface area (Å²) in [6, 6.07) is 5.34. The molecule has 5 heteroatoms. The fourth-order valence-electron chi connectivity index (χ4n) is 1.66. The molecule has 1 aromatic rings. The van der Waals surface area contributed by atoms with Crippen LogP contribution in [0.2, 0.25) is 0 Å². The lowest BCUT2D eigenvalue weighted by molar-refractivity contribution is 0.0953. The molecule has 0 atom stereocenters. The van der Waals surface area contributed by atoms with Crippen molar-refractivity contribution in [2.75, 3.05) is 25.7 Å². The fourth-order valence-corrected chi connectivity index (χ4v) is 2.69. The maximum atomic E-state index is 11.9. The molecule has 0 unspecified atom stereocenters. The third kappa shape index (κ3) is 5.87. The van der Waals surface area contributed by atoms with Crippen LogP contribution in [0.25, 0.3) is 0 Å². The van der Waals surface area contributed by atoms with Gasteiger partial charge in [0.2, 0.25) is 0 Å². The quantitative estimate of drug-likeness (QED) is 0.729. The van der Waals surface area contributed by atoms with Crippen molar-refractivity contribution in [3.8, 4) is 5.75 Å². The molecule has 0 heterocycles. The molecule has 0 spiro atoms. The van der Waals surface area contributed by atoms with E-state index >= 15 is 0 Å². The molecule has 0 bridgehead atoms. The van der Waals surface area contributed by atoms with Crippen LogP contribution in [0.15, 0.2) is 22.7 Å². The first-order valence-electron chi connectivity index (χ1n) is 6.29. The van der Waals surface area contributed by atoms with E-state index in [9.17, 15) is 4.79 Å². The molecule has 1 amide bonds. The number of methoxy groups -OCH3 is 1. The van der Waals surface area contributed by atoms with Gasteiger partial charge in [-0.2, -0.15) is 11.8 Å². The van der Waals surface area contributed by atoms with Gasteiger partial charge in [-0.3, -0.25) is 4.79 Å². The van der Waals surface area contributed by atoms with E-state index in [4.69, 9.17) is 4.74 Å². The normalized spacial score (nSPS) is 10.3. The fraction of sp³-hybridized carbons (Fsp3) is 0.500. The lowest BCUT2D eigenvalue weighted by atomic mass is 10.2. The van der Waals surface area contributed by atoms with Gasteiger partial charge in [0.1, 0.15) is 5.75 Å². The highest BCUT2D eigenvalue weighted by Crippen LogP contribution is 2.25. The predicted molar refractivity (Wildman–Crippen MR) is 85.3 cm³/mol. The number of ether oxygens (including phenoxy) is 1. The van der Waals surface area contributed by atoms with Crippen molar-refractivity contribution in [3.63, 3.8) is 0 Å². The first-order chi connectivity index (χ1) is 9.19. The minimum atomic E-state index is -0.0341. The van der Waals surface area contributed by atoms with Crippen LogP contribution in [0.3, 0.4) is 0 Å². The van der Waals surface area contributed by atoms with Gasteiger partial charge in [0.25, 0.3) is 5.91 Å². The summed E-state index contributed by atoms with van der Waals surface area (Å²) in [5.74, 6) is 1.89. The van der Waals surface area contributed by atoms with Crippen molar-refractivity contribution in [1.82, 2.24) is 5.32 Å². The average molecular weight is 346 g/mol. The molecule has 1 rings (SSSR count). The van der Waals surface area contributed by atoms with Crippen molar-refractivity contribution in [2.45, 2.75) is 19.3 Å². The Morgan fingerprint density at radius 3 is 2.79 bits per heavy atom. The minimum absolute atomic E-state index is 0.0341. The molecule has 0 fully saturated rings. The second-order valence-corrected chi connectivity index (χ2v) is 6.00. The number of nitrogens with one attached hydrogen (secondary N) is 1. The van der Waals surface area contributed by atoms with Gasteiger partial charge < -0.3 is 10.1 Å². The number of rotatable bonds is 8. The third-order valence-electron chi connectivity index (χ3n) is 2.72. The summed E-state index contributed by atoms with van der Waals surface area (Å²) in [5.41, 5.74) is 0.650. The highest BCUT2D eigenvalue weighted by Gasteiger charge is 2.07. The second-order valence-electron chi connectivity index (χ2n) is 4.16. The van der Waals surface area contributed by atoms with Gasteiger partial charge in [-0.15, -0.1) is 0 Å². The van der Waals surface area contributed by atoms with Gasteiger partial charge in [-0.1, -0.05) is 6.42 Å². The third-order valence-corrected chi connectivity index (χ3v) is 4.04. The standard InChI is InChI=1S/C14H20BrNO2S/c1-18-13-7-6-11(10-12(13)15)14(17)16-8-4-3-5-9-19-2/h6-7,10H,3-5,8-9H2,1-2H3,(H,16,17). The Kier molecular flexibility index (Phi) is 7.98. The number of amides is 1.